The summed E-state index contributed by atoms with van der Waals surface area (Å²) in [5.74, 6) is 1.53. The van der Waals surface area contributed by atoms with E-state index in [0.717, 1.165) is 18.3 Å². The number of benzene rings is 6. The minimum Gasteiger partial charge on any atom is -0.372 e. The average Bonchev–Trinajstić information content (AvgIpc) is 3.87. The molecule has 284 valence electrons. The van der Waals surface area contributed by atoms with E-state index in [1.54, 1.807) is 11.1 Å². The number of hydrogen-bond donors (Lipinski definition) is 0. The monoisotopic (exact) mass is 940 g/mol. The molecule has 2 fully saturated rings. The quantitative estimate of drug-likeness (QED) is 0.122. The molecular weight excluding hydrogens is 886 g/mol. The molecule has 3 heteroatoms. The maximum Gasteiger partial charge on any atom is 4.00 e. The molecule has 0 saturated heterocycles. The van der Waals surface area contributed by atoms with Crippen LogP contribution in [0.25, 0.3) is 65.3 Å². The molecule has 0 aliphatic heterocycles. The molecule has 2 aliphatic carbocycles. The topological polar surface area (TPSA) is 0 Å². The van der Waals surface area contributed by atoms with Gasteiger partial charge in [0.2, 0.25) is 0 Å². The molecule has 0 radical (unpaired) electrons. The zero-order valence-corrected chi connectivity index (χ0v) is 37.7. The molecule has 8 aromatic rings. The summed E-state index contributed by atoms with van der Waals surface area (Å²) in [4.78, 5) is 0. The summed E-state index contributed by atoms with van der Waals surface area (Å²) < 4.78 is 0. The van der Waals surface area contributed by atoms with Gasteiger partial charge in [-0.05, 0) is 70.2 Å². The molecule has 56 heavy (non-hydrogen) atoms. The number of halogens is 2. The first kappa shape index (κ1) is 43.6. The van der Waals surface area contributed by atoms with E-state index in [0.29, 0.717) is 0 Å². The molecular formula is C53H54Cl2Hf. The second-order valence-corrected chi connectivity index (χ2v) is 15.3. The Hall–Kier alpha value is -3.49. The zero-order valence-electron chi connectivity index (χ0n) is 32.5. The van der Waals surface area contributed by atoms with Gasteiger partial charge in [0.15, 0.2) is 0 Å². The third-order valence-electron chi connectivity index (χ3n) is 11.9. The fraction of sp³-hybridized carbons (Fsp3) is 0.245. The molecule has 2 saturated carbocycles. The van der Waals surface area contributed by atoms with Crippen LogP contribution in [0.15, 0.2) is 146 Å². The van der Waals surface area contributed by atoms with Gasteiger partial charge in [0, 0.05) is 0 Å². The van der Waals surface area contributed by atoms with Crippen LogP contribution in [0, 0.1) is 13.8 Å². The van der Waals surface area contributed by atoms with Crippen LogP contribution in [0.4, 0.5) is 0 Å². The van der Waals surface area contributed by atoms with E-state index in [2.05, 4.69) is 159 Å². The summed E-state index contributed by atoms with van der Waals surface area (Å²) in [6, 6.07) is 54.1. The van der Waals surface area contributed by atoms with Gasteiger partial charge >= 0.3 is 25.8 Å². The molecule has 8 aromatic carbocycles. The predicted octanol–water partition coefficient (Wildman–Crippen LogP) is 16.7. The van der Waals surface area contributed by atoms with Gasteiger partial charge in [0.25, 0.3) is 0 Å². The van der Waals surface area contributed by atoms with Gasteiger partial charge < -0.3 is 20.3 Å². The minimum absolute atomic E-state index is 0. The van der Waals surface area contributed by atoms with E-state index in [-0.39, 0.29) is 50.7 Å². The summed E-state index contributed by atoms with van der Waals surface area (Å²) in [5.41, 5.74) is 8.56. The van der Waals surface area contributed by atoms with Gasteiger partial charge in [-0.25, -0.2) is 0 Å². The SMILES string of the molecule is Cl.Cl.[CH2-]C[CH2-].[Hf+4].c1ccc2c(-c3cccc4[cH-]c(C5CCCCC5)cc34)cccc2c1.c1ccc2c(-c3cccc4[cH-]c(C5CCCCC5)cc34)cccc2c1. The van der Waals surface area contributed by atoms with Gasteiger partial charge in [-0.3, -0.25) is 0 Å². The standard InChI is InChI=1S/2C25H23.C3H6.2ClH.Hf/c2*1-2-8-18(9-3-1)21-16-20-12-7-15-24(25(20)17-21)23-14-6-11-19-10-4-5-13-22(19)23;1-3-2;;;/h2*4-7,10-18H,1-3,8-9H2;1-3H2;2*1H;/q2*-1;-2;;;+4. The van der Waals surface area contributed by atoms with Gasteiger partial charge in [-0.2, -0.15) is 12.1 Å². The fourth-order valence-corrected chi connectivity index (χ4v) is 9.25. The van der Waals surface area contributed by atoms with E-state index in [1.165, 1.54) is 130 Å². The van der Waals surface area contributed by atoms with Crippen LogP contribution in [-0.4, -0.2) is 0 Å². The Kier molecular flexibility index (Phi) is 16.2. The largest absolute Gasteiger partial charge is 4.00 e. The molecule has 0 amide bonds. The van der Waals surface area contributed by atoms with E-state index < -0.39 is 0 Å². The Balaban J connectivity index is 0.000000191. The van der Waals surface area contributed by atoms with Crippen LogP contribution >= 0.6 is 24.8 Å². The molecule has 0 atom stereocenters. The van der Waals surface area contributed by atoms with E-state index >= 15 is 0 Å². The van der Waals surface area contributed by atoms with Crippen LogP contribution < -0.4 is 0 Å². The molecule has 0 N–H and O–H groups in total. The molecule has 0 spiro atoms. The molecule has 0 unspecified atom stereocenters. The van der Waals surface area contributed by atoms with Crippen molar-refractivity contribution in [1.82, 2.24) is 0 Å². The van der Waals surface area contributed by atoms with Crippen molar-refractivity contribution in [1.29, 1.82) is 0 Å². The van der Waals surface area contributed by atoms with Crippen molar-refractivity contribution >= 4 is 67.9 Å². The molecule has 0 bridgehead atoms. The van der Waals surface area contributed by atoms with Crippen LogP contribution in [-0.2, 0) is 25.8 Å². The Morgan fingerprint density at radius 3 is 1.12 bits per heavy atom. The minimum atomic E-state index is 0. The average molecular weight is 940 g/mol. The van der Waals surface area contributed by atoms with Gasteiger partial charge in [0.05, 0.1) is 0 Å². The van der Waals surface area contributed by atoms with E-state index in [1.807, 2.05) is 0 Å². The van der Waals surface area contributed by atoms with Crippen LogP contribution in [0.3, 0.4) is 0 Å². The summed E-state index contributed by atoms with van der Waals surface area (Å²) in [5, 5.41) is 10.9. The molecule has 0 heterocycles. The van der Waals surface area contributed by atoms with E-state index in [9.17, 15) is 0 Å². The Labute approximate surface area is 366 Å². The molecule has 0 aromatic heterocycles. The second-order valence-electron chi connectivity index (χ2n) is 15.3. The Morgan fingerprint density at radius 1 is 0.411 bits per heavy atom. The predicted molar refractivity (Wildman–Crippen MR) is 246 cm³/mol. The Morgan fingerprint density at radius 2 is 0.732 bits per heavy atom. The van der Waals surface area contributed by atoms with Gasteiger partial charge in [0.1, 0.15) is 0 Å². The summed E-state index contributed by atoms with van der Waals surface area (Å²) in [6.07, 6.45) is 14.6. The van der Waals surface area contributed by atoms with Crippen molar-refractivity contribution in [3.63, 3.8) is 0 Å². The van der Waals surface area contributed by atoms with Crippen LogP contribution in [0.1, 0.15) is 93.6 Å². The van der Waals surface area contributed by atoms with Crippen molar-refractivity contribution in [3.05, 3.63) is 171 Å². The van der Waals surface area contributed by atoms with Gasteiger partial charge in [-0.1, -0.05) is 147 Å². The zero-order chi connectivity index (χ0) is 36.0. The first-order chi connectivity index (χ1) is 26.2. The van der Waals surface area contributed by atoms with Crippen molar-refractivity contribution < 1.29 is 25.8 Å². The maximum atomic E-state index is 3.38. The van der Waals surface area contributed by atoms with Crippen molar-refractivity contribution in [2.45, 2.75) is 82.5 Å². The number of rotatable bonds is 4. The summed E-state index contributed by atoms with van der Waals surface area (Å²) >= 11 is 0. The third-order valence-corrected chi connectivity index (χ3v) is 11.9. The Bertz CT molecular complexity index is 2250. The van der Waals surface area contributed by atoms with Crippen molar-refractivity contribution in [2.24, 2.45) is 0 Å². The van der Waals surface area contributed by atoms with Crippen molar-refractivity contribution in [3.8, 4) is 22.3 Å². The fourth-order valence-electron chi connectivity index (χ4n) is 9.25. The first-order valence-corrected chi connectivity index (χ1v) is 20.2. The smallest absolute Gasteiger partial charge is 0.372 e. The van der Waals surface area contributed by atoms with Crippen LogP contribution in [0.2, 0.25) is 0 Å². The normalized spacial score (nSPS) is 14.5. The molecule has 10 rings (SSSR count). The molecule has 2 aliphatic rings. The first-order valence-electron chi connectivity index (χ1n) is 20.2. The third kappa shape index (κ3) is 9.44. The van der Waals surface area contributed by atoms with Crippen LogP contribution in [0.5, 0.6) is 0 Å². The molecule has 0 nitrogen and oxygen atoms in total. The van der Waals surface area contributed by atoms with Gasteiger partial charge in [-0.15, -0.1) is 93.9 Å². The number of hydrogen-bond acceptors (Lipinski definition) is 0. The maximum absolute atomic E-state index is 3.38. The van der Waals surface area contributed by atoms with E-state index in [4.69, 9.17) is 0 Å². The summed E-state index contributed by atoms with van der Waals surface area (Å²) in [7, 11) is 0. The second kappa shape index (κ2) is 20.8. The number of fused-ring (bicyclic) bond motifs is 4. The van der Waals surface area contributed by atoms with Crippen molar-refractivity contribution in [2.75, 3.05) is 0 Å². The summed E-state index contributed by atoms with van der Waals surface area (Å²) in [6.45, 7) is 6.75.